The number of fused-ring (bicyclic) bond motifs is 4. The molecule has 0 radical (unpaired) electrons. The summed E-state index contributed by atoms with van der Waals surface area (Å²) in [6.07, 6.45) is 24.0. The zero-order valence-corrected chi connectivity index (χ0v) is 59.1. The third-order valence-electron chi connectivity index (χ3n) is 16.8. The van der Waals surface area contributed by atoms with E-state index in [4.69, 9.17) is 10.5 Å². The number of benzene rings is 1. The number of ether oxygens (including phenoxy) is 1. The molecule has 2 fully saturated rings. The van der Waals surface area contributed by atoms with Gasteiger partial charge in [-0.3, -0.25) is 44.6 Å². The van der Waals surface area contributed by atoms with Crippen LogP contribution in [0, 0.1) is 13.8 Å². The molecule has 0 atom stereocenters. The van der Waals surface area contributed by atoms with Crippen LogP contribution in [-0.2, 0) is 62.2 Å². The summed E-state index contributed by atoms with van der Waals surface area (Å²) in [7, 11) is -10.6. The number of nitrogens with two attached hydrogens (primary N) is 1. The van der Waals surface area contributed by atoms with Crippen molar-refractivity contribution >= 4 is 115 Å². The molecule has 526 valence electrons. The standard InChI is InChI=1S/C20H16N4O3S.C19H20N4O4S.C18H19N5O3S.C16H15N3O/c1-14(25)23-20-11-15(7-9-22-20)18-12-21-13-19-17(18)8-10-24(19)28(26,27)16-5-3-2-4-6-16;1-3-27-19(24)22-17-10-13(6-8-20-17)16-11-21-12(2)18-15(16)7-9-23(18)28(25,26)14-4-5-14;1-11(24)22-17-8-12(4-6-20-17)15-10-21-16(9-19)18-14(15)5-7-23(18)27(25,26)13-2-3-13;1-10(20)7-13-8-12(3-5-17-13)15-9-19-11(2)16-14(15)4-6-18-16/h2-13H,1H3,(H,22,23,25);6-11,14H,3-5H2,1-2H3,(H,20,22,24);4-8,10,13H,2-3,9,19H2,1H3,(H,20,22,24);3-6,8-9,18H,7H2,1-2H3. The van der Waals surface area contributed by atoms with Crippen molar-refractivity contribution < 1.29 is 49.2 Å². The number of hydrogen-bond acceptors (Lipinski definition) is 20. The first-order valence-corrected chi connectivity index (χ1v) is 37.1. The van der Waals surface area contributed by atoms with Gasteiger partial charge in [-0.1, -0.05) is 18.2 Å². The van der Waals surface area contributed by atoms with Crippen molar-refractivity contribution in [2.75, 3.05) is 22.6 Å². The number of nitrogens with one attached hydrogen (secondary N) is 4. The number of pyridine rings is 8. The molecule has 12 aromatic heterocycles. The van der Waals surface area contributed by atoms with Gasteiger partial charge >= 0.3 is 6.09 Å². The van der Waals surface area contributed by atoms with Crippen LogP contribution in [-0.4, -0.2) is 123 Å². The third kappa shape index (κ3) is 15.5. The lowest BCUT2D eigenvalue weighted by atomic mass is 10.0. The molecule has 3 amide bonds. The largest absolute Gasteiger partial charge is 0.450 e. The number of Topliss-reactive ketones (excluding diaryl/α,β-unsaturated/α-hetero) is 1. The highest BCUT2D eigenvalue weighted by atomic mass is 32.2. The van der Waals surface area contributed by atoms with E-state index in [1.54, 1.807) is 161 Å². The predicted molar refractivity (Wildman–Crippen MR) is 393 cm³/mol. The molecule has 2 aliphatic rings. The van der Waals surface area contributed by atoms with Gasteiger partial charge in [0.05, 0.1) is 67.3 Å². The fourth-order valence-corrected chi connectivity index (χ4v) is 16.6. The van der Waals surface area contributed by atoms with Crippen molar-refractivity contribution in [3.05, 3.63) is 206 Å². The smallest absolute Gasteiger partial charge is 0.412 e. The lowest BCUT2D eigenvalue weighted by Gasteiger charge is -2.11. The number of aryl methyl sites for hydroxylation is 2. The van der Waals surface area contributed by atoms with Gasteiger partial charge in [-0.25, -0.2) is 56.9 Å². The molecule has 13 aromatic rings. The van der Waals surface area contributed by atoms with Gasteiger partial charge in [-0.15, -0.1) is 0 Å². The molecule has 6 N–H and O–H groups in total. The molecule has 27 nitrogen and oxygen atoms in total. The van der Waals surface area contributed by atoms with Crippen molar-refractivity contribution in [2.24, 2.45) is 5.73 Å². The fourth-order valence-electron chi connectivity index (χ4n) is 11.8. The summed E-state index contributed by atoms with van der Waals surface area (Å²) >= 11 is 0. The zero-order valence-electron chi connectivity index (χ0n) is 56.6. The van der Waals surface area contributed by atoms with Crippen molar-refractivity contribution in [2.45, 2.75) is 95.6 Å². The SMILES string of the molecule is CC(=O)Cc1cc(-c2cnc(C)c3[nH]ccc23)ccn1.CC(=O)Nc1cc(-c2cnc(CN)c3c2ccn3S(=O)(=O)C2CC2)ccn1.CC(=O)Nc1cc(-c2cncc3c2ccn3S(=O)(=O)c2ccccc2)ccn1.CCOC(=O)Nc1cc(-c2cnc(C)c3c2ccn3S(=O)(=O)C2CC2)ccn1. The maximum absolute atomic E-state index is 13.0. The second kappa shape index (κ2) is 29.8. The lowest BCUT2D eigenvalue weighted by Crippen LogP contribution is -2.18. The highest BCUT2D eigenvalue weighted by Gasteiger charge is 2.39. The number of amides is 3. The normalized spacial score (nSPS) is 12.9. The molecule has 30 heteroatoms. The molecular weight excluding hydrogens is 1370 g/mol. The van der Waals surface area contributed by atoms with Crippen LogP contribution in [0.3, 0.4) is 0 Å². The maximum atomic E-state index is 13.0. The zero-order chi connectivity index (χ0) is 72.9. The van der Waals surface area contributed by atoms with Crippen LogP contribution in [0.15, 0.2) is 189 Å². The first-order chi connectivity index (χ1) is 49.4. The van der Waals surface area contributed by atoms with E-state index in [9.17, 15) is 44.4 Å². The third-order valence-corrected chi connectivity index (χ3v) is 22.9. The Balaban J connectivity index is 0.000000130. The van der Waals surface area contributed by atoms with Crippen molar-refractivity contribution in [3.63, 3.8) is 0 Å². The lowest BCUT2D eigenvalue weighted by molar-refractivity contribution is -0.116. The van der Waals surface area contributed by atoms with Crippen LogP contribution >= 0.6 is 0 Å². The molecule has 2 saturated carbocycles. The number of nitrogens with zero attached hydrogens (tertiary/aromatic N) is 11. The summed E-state index contributed by atoms with van der Waals surface area (Å²) in [4.78, 5) is 82.9. The van der Waals surface area contributed by atoms with E-state index in [1.807, 2.05) is 37.5 Å². The number of carbonyl (C=O) groups is 4. The van der Waals surface area contributed by atoms with E-state index in [2.05, 4.69) is 60.8 Å². The Morgan fingerprint density at radius 3 is 1.56 bits per heavy atom. The summed E-state index contributed by atoms with van der Waals surface area (Å²) in [6.45, 7) is 10.3. The summed E-state index contributed by atoms with van der Waals surface area (Å²) in [5.41, 5.74) is 18.0. The van der Waals surface area contributed by atoms with Crippen LogP contribution in [0.25, 0.3) is 88.1 Å². The van der Waals surface area contributed by atoms with Gasteiger partial charge < -0.3 is 26.1 Å². The van der Waals surface area contributed by atoms with Crippen LogP contribution in [0.1, 0.15) is 76.2 Å². The van der Waals surface area contributed by atoms with Crippen LogP contribution in [0.4, 0.5) is 22.2 Å². The van der Waals surface area contributed by atoms with Gasteiger partial charge in [0.2, 0.25) is 31.9 Å². The molecule has 15 rings (SSSR count). The summed E-state index contributed by atoms with van der Waals surface area (Å²) in [5, 5.41) is 10.6. The molecule has 0 unspecified atom stereocenters. The van der Waals surface area contributed by atoms with Gasteiger partial charge in [-0.05, 0) is 161 Å². The Morgan fingerprint density at radius 1 is 0.534 bits per heavy atom. The van der Waals surface area contributed by atoms with Gasteiger partial charge in [0, 0.05) is 151 Å². The number of carbonyl (C=O) groups excluding carboxylic acids is 4. The number of aromatic nitrogens is 12. The van der Waals surface area contributed by atoms with Gasteiger partial charge in [-0.2, -0.15) is 0 Å². The molecule has 0 aliphatic heterocycles. The molecule has 2 aliphatic carbocycles. The number of rotatable bonds is 17. The molecule has 0 saturated heterocycles. The number of H-pyrrole nitrogens is 1. The van der Waals surface area contributed by atoms with Gasteiger partial charge in [0.15, 0.2) is 0 Å². The summed E-state index contributed by atoms with van der Waals surface area (Å²) in [6, 6.07) is 30.0. The quantitative estimate of drug-likeness (QED) is 0.0565. The first-order valence-electron chi connectivity index (χ1n) is 32.6. The Hall–Kier alpha value is -11.7. The van der Waals surface area contributed by atoms with Crippen molar-refractivity contribution in [3.8, 4) is 44.5 Å². The molecule has 0 spiro atoms. The van der Waals surface area contributed by atoms with E-state index in [-0.39, 0.29) is 46.1 Å². The van der Waals surface area contributed by atoms with E-state index < -0.39 is 36.2 Å². The van der Waals surface area contributed by atoms with E-state index in [1.165, 1.54) is 38.2 Å². The highest BCUT2D eigenvalue weighted by molar-refractivity contribution is 7.91. The fraction of sp³-hybridized carbons (Fsp3) is 0.205. The number of ketones is 1. The first kappa shape index (κ1) is 71.1. The minimum absolute atomic E-state index is 0.114. The number of aromatic amines is 1. The topological polar surface area (TPSA) is 376 Å². The Bertz CT molecular complexity index is 5790. The number of anilines is 3. The summed E-state index contributed by atoms with van der Waals surface area (Å²) < 4.78 is 85.9. The van der Waals surface area contributed by atoms with E-state index in [0.717, 1.165) is 83.0 Å². The predicted octanol–water partition coefficient (Wildman–Crippen LogP) is 11.5. The average Bonchev–Trinajstić information content (AvgIpc) is 1.60. The molecule has 0 bridgehead atoms. The van der Waals surface area contributed by atoms with Crippen LogP contribution in [0.2, 0.25) is 0 Å². The average molecular weight is 1440 g/mol. The summed E-state index contributed by atoms with van der Waals surface area (Å²) in [5.74, 6) is 0.849. The van der Waals surface area contributed by atoms with Gasteiger partial charge in [0.25, 0.3) is 10.0 Å². The van der Waals surface area contributed by atoms with E-state index in [0.29, 0.717) is 77.5 Å². The second-order valence-electron chi connectivity index (χ2n) is 24.3. The van der Waals surface area contributed by atoms with Crippen LogP contribution < -0.4 is 21.7 Å². The second-order valence-corrected chi connectivity index (χ2v) is 30.3. The van der Waals surface area contributed by atoms with Crippen molar-refractivity contribution in [1.29, 1.82) is 0 Å². The monoisotopic (exact) mass is 1440 g/mol. The molecule has 103 heavy (non-hydrogen) atoms. The number of hydrogen-bond donors (Lipinski definition) is 5. The Kier molecular flexibility index (Phi) is 20.6. The van der Waals surface area contributed by atoms with Crippen LogP contribution in [0.5, 0.6) is 0 Å². The van der Waals surface area contributed by atoms with E-state index >= 15 is 0 Å². The maximum Gasteiger partial charge on any atom is 0.412 e. The Labute approximate surface area is 592 Å². The van der Waals surface area contributed by atoms with Crippen molar-refractivity contribution in [1.82, 2.24) is 56.8 Å². The highest BCUT2D eigenvalue weighted by Crippen LogP contribution is 2.39. The molecule has 12 heterocycles. The Morgan fingerprint density at radius 2 is 1.02 bits per heavy atom. The minimum Gasteiger partial charge on any atom is -0.450 e. The molecular formula is C73H70N16O11S3. The van der Waals surface area contributed by atoms with Gasteiger partial charge in [0.1, 0.15) is 23.2 Å². The molecule has 1 aromatic carbocycles. The minimum atomic E-state index is -3.74.